The summed E-state index contributed by atoms with van der Waals surface area (Å²) < 4.78 is 32.7. The largest absolute Gasteiger partial charge is 0.390 e. The number of benzene rings is 1. The summed E-state index contributed by atoms with van der Waals surface area (Å²) in [4.78, 5) is 0. The van der Waals surface area contributed by atoms with Gasteiger partial charge in [-0.05, 0) is 46.8 Å². The van der Waals surface area contributed by atoms with Gasteiger partial charge in [0, 0.05) is 19.1 Å². The molecule has 1 saturated carbocycles. The van der Waals surface area contributed by atoms with Crippen molar-refractivity contribution in [2.45, 2.75) is 31.5 Å². The first kappa shape index (κ1) is 13.9. The maximum Gasteiger partial charge on any atom is 0.143 e. The fourth-order valence-electron chi connectivity index (χ4n) is 2.17. The fraction of sp³-hybridized carbons (Fsp3) is 0.538. The lowest BCUT2D eigenvalue weighted by atomic mass is 10.00. The van der Waals surface area contributed by atoms with E-state index in [4.69, 9.17) is 4.74 Å². The predicted octanol–water partition coefficient (Wildman–Crippen LogP) is 3.06. The van der Waals surface area contributed by atoms with Gasteiger partial charge in [-0.1, -0.05) is 0 Å². The van der Waals surface area contributed by atoms with Gasteiger partial charge in [-0.2, -0.15) is 0 Å². The summed E-state index contributed by atoms with van der Waals surface area (Å²) in [5, 5.41) is 10.0. The Morgan fingerprint density at radius 2 is 2.11 bits per heavy atom. The van der Waals surface area contributed by atoms with E-state index in [1.165, 1.54) is 19.2 Å². The monoisotopic (exact) mass is 320 g/mol. The fourth-order valence-corrected chi connectivity index (χ4v) is 2.54. The molecule has 2 unspecified atom stereocenters. The highest BCUT2D eigenvalue weighted by atomic mass is 79.9. The second-order valence-electron chi connectivity index (χ2n) is 4.63. The summed E-state index contributed by atoms with van der Waals surface area (Å²) >= 11 is 3.01. The molecule has 2 rings (SSSR count). The number of rotatable bonds is 5. The van der Waals surface area contributed by atoms with Crippen LogP contribution < -0.4 is 0 Å². The topological polar surface area (TPSA) is 29.5 Å². The molecule has 1 N–H and O–H groups in total. The molecule has 1 aromatic rings. The molecule has 0 radical (unpaired) electrons. The van der Waals surface area contributed by atoms with Crippen molar-refractivity contribution >= 4 is 15.9 Å². The van der Waals surface area contributed by atoms with Gasteiger partial charge in [-0.15, -0.1) is 0 Å². The molecule has 0 bridgehead atoms. The van der Waals surface area contributed by atoms with E-state index < -0.39 is 17.7 Å². The number of aliphatic hydroxyl groups excluding tert-OH is 1. The van der Waals surface area contributed by atoms with E-state index >= 15 is 0 Å². The Bertz CT molecular complexity index is 435. The Balaban J connectivity index is 2.15. The van der Waals surface area contributed by atoms with Crippen molar-refractivity contribution in [2.75, 3.05) is 7.11 Å². The lowest BCUT2D eigenvalue weighted by Crippen LogP contribution is -2.32. The van der Waals surface area contributed by atoms with E-state index in [2.05, 4.69) is 15.9 Å². The van der Waals surface area contributed by atoms with Crippen molar-refractivity contribution in [3.8, 4) is 0 Å². The molecule has 2 atom stereocenters. The van der Waals surface area contributed by atoms with Crippen molar-refractivity contribution in [2.24, 2.45) is 5.92 Å². The highest BCUT2D eigenvalue weighted by Crippen LogP contribution is 2.36. The van der Waals surface area contributed by atoms with Crippen LogP contribution in [0.5, 0.6) is 0 Å². The lowest BCUT2D eigenvalue weighted by molar-refractivity contribution is -0.0244. The lowest BCUT2D eigenvalue weighted by Gasteiger charge is -2.21. The molecule has 0 aliphatic heterocycles. The molecule has 0 aromatic heterocycles. The first-order valence-corrected chi connectivity index (χ1v) is 6.67. The van der Waals surface area contributed by atoms with E-state index in [0.717, 1.165) is 12.8 Å². The molecule has 5 heteroatoms. The predicted molar refractivity (Wildman–Crippen MR) is 67.3 cm³/mol. The molecule has 0 amide bonds. The quantitative estimate of drug-likeness (QED) is 0.845. The molecule has 2 nitrogen and oxygen atoms in total. The Kier molecular flexibility index (Phi) is 4.35. The number of hydrogen-bond acceptors (Lipinski definition) is 2. The highest BCUT2D eigenvalue weighted by molar-refractivity contribution is 9.10. The van der Waals surface area contributed by atoms with Gasteiger partial charge >= 0.3 is 0 Å². The molecule has 18 heavy (non-hydrogen) atoms. The first-order valence-electron chi connectivity index (χ1n) is 5.87. The summed E-state index contributed by atoms with van der Waals surface area (Å²) in [6.07, 6.45) is 0.688. The Morgan fingerprint density at radius 3 is 2.67 bits per heavy atom. The zero-order valence-electron chi connectivity index (χ0n) is 10.00. The van der Waals surface area contributed by atoms with E-state index in [9.17, 15) is 13.9 Å². The average Bonchev–Trinajstić information content (AvgIpc) is 3.15. The van der Waals surface area contributed by atoms with Gasteiger partial charge in [0.05, 0.1) is 16.7 Å². The molecule has 1 aliphatic carbocycles. The number of aliphatic hydroxyl groups is 1. The van der Waals surface area contributed by atoms with Crippen LogP contribution in [-0.2, 0) is 11.2 Å². The molecular formula is C13H15BrF2O2. The normalized spacial score (nSPS) is 18.7. The summed E-state index contributed by atoms with van der Waals surface area (Å²) in [7, 11) is 1.51. The van der Waals surface area contributed by atoms with Crippen LogP contribution in [0.4, 0.5) is 8.78 Å². The first-order chi connectivity index (χ1) is 8.54. The van der Waals surface area contributed by atoms with Crippen LogP contribution >= 0.6 is 15.9 Å². The maximum atomic E-state index is 13.8. The van der Waals surface area contributed by atoms with Crippen LogP contribution in [0.15, 0.2) is 16.6 Å². The van der Waals surface area contributed by atoms with E-state index in [1.807, 2.05) is 0 Å². The molecule has 0 saturated heterocycles. The third-order valence-corrected chi connectivity index (χ3v) is 3.90. The van der Waals surface area contributed by atoms with Crippen LogP contribution in [0.2, 0.25) is 0 Å². The maximum absolute atomic E-state index is 13.8. The smallest absolute Gasteiger partial charge is 0.143 e. The van der Waals surface area contributed by atoms with Crippen molar-refractivity contribution < 1.29 is 18.6 Å². The summed E-state index contributed by atoms with van der Waals surface area (Å²) in [6.45, 7) is 0. The van der Waals surface area contributed by atoms with Crippen LogP contribution in [-0.4, -0.2) is 24.4 Å². The van der Waals surface area contributed by atoms with E-state index in [1.54, 1.807) is 0 Å². The van der Waals surface area contributed by atoms with Gasteiger partial charge in [-0.25, -0.2) is 8.78 Å². The zero-order valence-corrected chi connectivity index (χ0v) is 11.6. The van der Waals surface area contributed by atoms with Crippen LogP contribution in [0.3, 0.4) is 0 Å². The number of methoxy groups -OCH3 is 1. The summed E-state index contributed by atoms with van der Waals surface area (Å²) in [5.41, 5.74) is -0.0976. The van der Waals surface area contributed by atoms with Crippen LogP contribution in [0.1, 0.15) is 18.4 Å². The van der Waals surface area contributed by atoms with Gasteiger partial charge in [0.1, 0.15) is 11.6 Å². The molecule has 0 heterocycles. The average molecular weight is 321 g/mol. The number of ether oxygens (including phenoxy) is 1. The van der Waals surface area contributed by atoms with E-state index in [-0.39, 0.29) is 22.6 Å². The molecule has 1 aliphatic rings. The second kappa shape index (κ2) is 5.63. The summed E-state index contributed by atoms with van der Waals surface area (Å²) in [5.74, 6) is -0.983. The summed E-state index contributed by atoms with van der Waals surface area (Å²) in [6, 6.07) is 2.50. The Hall–Kier alpha value is -0.520. The second-order valence-corrected chi connectivity index (χ2v) is 5.49. The standard InChI is InChI=1S/C13H15BrF2O2/c1-18-13(7-2-3-7)11(17)6-8-10(15)5-4-9(14)12(8)16/h4-5,7,11,13,17H,2-3,6H2,1H3. The molecule has 1 aromatic carbocycles. The minimum Gasteiger partial charge on any atom is -0.390 e. The third-order valence-electron chi connectivity index (χ3n) is 3.29. The molecule has 0 spiro atoms. The van der Waals surface area contributed by atoms with Gasteiger partial charge in [0.25, 0.3) is 0 Å². The van der Waals surface area contributed by atoms with Crippen LogP contribution in [0, 0.1) is 17.6 Å². The third kappa shape index (κ3) is 2.90. The Labute approximate surface area is 113 Å². The molecular weight excluding hydrogens is 306 g/mol. The van der Waals surface area contributed by atoms with Crippen molar-refractivity contribution in [3.05, 3.63) is 33.8 Å². The number of halogens is 3. The van der Waals surface area contributed by atoms with Gasteiger partial charge in [-0.3, -0.25) is 0 Å². The number of hydrogen-bond donors (Lipinski definition) is 1. The molecule has 1 fully saturated rings. The molecule has 100 valence electrons. The van der Waals surface area contributed by atoms with Crippen molar-refractivity contribution in [3.63, 3.8) is 0 Å². The zero-order chi connectivity index (χ0) is 13.3. The van der Waals surface area contributed by atoms with E-state index in [0.29, 0.717) is 5.92 Å². The van der Waals surface area contributed by atoms with Crippen molar-refractivity contribution in [1.82, 2.24) is 0 Å². The minimum atomic E-state index is -0.888. The minimum absolute atomic E-state index is 0.0773. The highest BCUT2D eigenvalue weighted by Gasteiger charge is 2.36. The van der Waals surface area contributed by atoms with Gasteiger partial charge in [0.15, 0.2) is 0 Å². The van der Waals surface area contributed by atoms with Crippen molar-refractivity contribution in [1.29, 1.82) is 0 Å². The van der Waals surface area contributed by atoms with Gasteiger partial charge < -0.3 is 9.84 Å². The van der Waals surface area contributed by atoms with Gasteiger partial charge in [0.2, 0.25) is 0 Å². The van der Waals surface area contributed by atoms with Crippen LogP contribution in [0.25, 0.3) is 0 Å². The SMILES string of the molecule is COC(C(O)Cc1c(F)ccc(Br)c1F)C1CC1. The Morgan fingerprint density at radius 1 is 1.44 bits per heavy atom.